The molecule has 10 rings (SSSR count). The molecule has 8 aromatic rings. The molecule has 2 aromatic heterocycles. The number of para-hydroxylation sites is 1. The first-order valence-corrected chi connectivity index (χ1v) is 16.9. The number of thiazole rings is 1. The first kappa shape index (κ1) is 26.5. The first-order chi connectivity index (χ1) is 23.3. The number of benzene rings is 6. The average Bonchev–Trinajstić information content (AvgIpc) is 3.82. The van der Waals surface area contributed by atoms with Crippen molar-refractivity contribution < 1.29 is 4.42 Å². The maximum atomic E-state index is 6.43. The third-order valence-electron chi connectivity index (χ3n) is 9.56. The molecule has 1 atom stereocenters. The second-order valence-electron chi connectivity index (χ2n) is 12.3. The Bertz CT molecular complexity index is 2590. The van der Waals surface area contributed by atoms with Crippen LogP contribution < -0.4 is 15.5 Å². The van der Waals surface area contributed by atoms with E-state index in [-0.39, 0.29) is 6.04 Å². The minimum absolute atomic E-state index is 0.0597. The maximum absolute atomic E-state index is 6.43. The number of anilines is 2. The number of furan rings is 1. The number of aromatic nitrogens is 1. The standard InChI is InChI=1S/C43H28N2OS/c1-3-11-27(12-4-1)29-15-9-16-30(25-29)45(31-21-22-33-32-17-7-8-20-38(32)46-39(33)26-31)37-24-23-35-40-34(37)18-10-19-36(40)42-41(35)44-43(47-42)28-13-5-2-6-14-28/h1-20,22-26,31H,21H2. The molecule has 0 radical (unpaired) electrons. The Balaban J connectivity index is 1.17. The lowest BCUT2D eigenvalue weighted by molar-refractivity contribution is 0.568. The summed E-state index contributed by atoms with van der Waals surface area (Å²) in [5, 5.41) is 5.96. The van der Waals surface area contributed by atoms with Crippen molar-refractivity contribution in [2.24, 2.45) is 0 Å². The van der Waals surface area contributed by atoms with E-state index in [2.05, 4.69) is 151 Å². The summed E-state index contributed by atoms with van der Waals surface area (Å²) in [6.45, 7) is 0. The van der Waals surface area contributed by atoms with Crippen LogP contribution in [0.1, 0.15) is 6.42 Å². The van der Waals surface area contributed by atoms with Crippen molar-refractivity contribution in [3.05, 3.63) is 150 Å². The molecule has 0 saturated carbocycles. The average molecular weight is 621 g/mol. The summed E-state index contributed by atoms with van der Waals surface area (Å²) in [5.41, 5.74) is 11.3. The zero-order chi connectivity index (χ0) is 30.9. The third kappa shape index (κ3) is 4.15. The summed E-state index contributed by atoms with van der Waals surface area (Å²) in [6, 6.07) is 49.8. The normalized spacial score (nSPS) is 14.4. The van der Waals surface area contributed by atoms with Gasteiger partial charge in [-0.3, -0.25) is 0 Å². The van der Waals surface area contributed by atoms with Crippen molar-refractivity contribution in [3.8, 4) is 43.4 Å². The summed E-state index contributed by atoms with van der Waals surface area (Å²) in [7, 11) is 0. The molecule has 2 heterocycles. The van der Waals surface area contributed by atoms with Crippen molar-refractivity contribution in [3.63, 3.8) is 0 Å². The predicted molar refractivity (Wildman–Crippen MR) is 196 cm³/mol. The van der Waals surface area contributed by atoms with E-state index in [1.807, 2.05) is 6.07 Å². The monoisotopic (exact) mass is 620 g/mol. The fourth-order valence-electron chi connectivity index (χ4n) is 7.43. The summed E-state index contributed by atoms with van der Waals surface area (Å²) in [4.78, 5) is 8.96. The van der Waals surface area contributed by atoms with Crippen LogP contribution in [0.25, 0.3) is 77.3 Å². The number of nitrogens with zero attached hydrogens (tertiary/aromatic N) is 2. The molecule has 47 heavy (non-hydrogen) atoms. The van der Waals surface area contributed by atoms with Crippen molar-refractivity contribution in [1.29, 1.82) is 0 Å². The van der Waals surface area contributed by atoms with Crippen LogP contribution in [0, 0.1) is 0 Å². The number of hydrogen-bond donors (Lipinski definition) is 0. The zero-order valence-corrected chi connectivity index (χ0v) is 26.2. The van der Waals surface area contributed by atoms with E-state index in [1.165, 1.54) is 54.2 Å². The van der Waals surface area contributed by atoms with Gasteiger partial charge in [0.2, 0.25) is 0 Å². The highest BCUT2D eigenvalue weighted by molar-refractivity contribution is 7.19. The van der Waals surface area contributed by atoms with Crippen molar-refractivity contribution >= 4 is 56.6 Å². The molecule has 0 bridgehead atoms. The Morgan fingerprint density at radius 2 is 1.40 bits per heavy atom. The first-order valence-electron chi connectivity index (χ1n) is 16.1. The van der Waals surface area contributed by atoms with Crippen LogP contribution in [0.5, 0.6) is 0 Å². The van der Waals surface area contributed by atoms with Gasteiger partial charge in [-0.15, -0.1) is 11.3 Å². The summed E-state index contributed by atoms with van der Waals surface area (Å²) in [5.74, 6) is 0. The molecule has 0 spiro atoms. The van der Waals surface area contributed by atoms with Gasteiger partial charge in [-0.25, -0.2) is 4.98 Å². The van der Waals surface area contributed by atoms with Crippen molar-refractivity contribution in [1.82, 2.24) is 4.98 Å². The molecule has 6 aromatic carbocycles. The lowest BCUT2D eigenvalue weighted by Crippen LogP contribution is -2.36. The highest BCUT2D eigenvalue weighted by atomic mass is 32.1. The molecular weight excluding hydrogens is 593 g/mol. The minimum atomic E-state index is 0.0597. The Kier molecular flexibility index (Phi) is 5.87. The molecule has 0 saturated heterocycles. The van der Waals surface area contributed by atoms with Gasteiger partial charge in [-0.2, -0.15) is 0 Å². The number of hydrogen-bond acceptors (Lipinski definition) is 4. The van der Waals surface area contributed by atoms with Gasteiger partial charge >= 0.3 is 0 Å². The van der Waals surface area contributed by atoms with E-state index in [4.69, 9.17) is 9.40 Å². The lowest BCUT2D eigenvalue weighted by atomic mass is 9.97. The molecule has 222 valence electrons. The van der Waals surface area contributed by atoms with Gasteiger partial charge in [0, 0.05) is 49.4 Å². The fourth-order valence-corrected chi connectivity index (χ4v) is 8.55. The summed E-state index contributed by atoms with van der Waals surface area (Å²) in [6.07, 6.45) is 5.54. The molecule has 4 heteroatoms. The summed E-state index contributed by atoms with van der Waals surface area (Å²) >= 11 is 1.79. The van der Waals surface area contributed by atoms with Gasteiger partial charge in [0.15, 0.2) is 0 Å². The molecule has 0 amide bonds. The Labute approximate surface area is 276 Å². The molecule has 0 fully saturated rings. The molecule has 3 nitrogen and oxygen atoms in total. The van der Waals surface area contributed by atoms with E-state index in [0.29, 0.717) is 0 Å². The summed E-state index contributed by atoms with van der Waals surface area (Å²) < 4.78 is 6.43. The predicted octanol–water partition coefficient (Wildman–Crippen LogP) is 10.2. The minimum Gasteiger partial charge on any atom is -0.456 e. The van der Waals surface area contributed by atoms with E-state index in [0.717, 1.165) is 39.4 Å². The molecular formula is C43H28N2OS. The number of rotatable bonds is 5. The smallest absolute Gasteiger partial charge is 0.135 e. The van der Waals surface area contributed by atoms with Crippen LogP contribution in [0.2, 0.25) is 0 Å². The van der Waals surface area contributed by atoms with Gasteiger partial charge in [0.25, 0.3) is 0 Å². The van der Waals surface area contributed by atoms with Crippen molar-refractivity contribution in [2.45, 2.75) is 12.5 Å². The zero-order valence-electron chi connectivity index (χ0n) is 25.4. The number of fused-ring (bicyclic) bond motifs is 6. The SMILES string of the molecule is C1=c2oc3ccccc3c2=CCC1N(c1cccc(-c2ccccc2)c1)c1ccc2c3c(cccc13)-c1sc(-c3ccccc3)nc1-2. The van der Waals surface area contributed by atoms with Gasteiger partial charge in [0.05, 0.1) is 16.6 Å². The molecule has 0 N–H and O–H groups in total. The van der Waals surface area contributed by atoms with Crippen LogP contribution >= 0.6 is 11.3 Å². The van der Waals surface area contributed by atoms with Gasteiger partial charge in [0.1, 0.15) is 16.0 Å². The lowest BCUT2D eigenvalue weighted by Gasteiger charge is -2.33. The van der Waals surface area contributed by atoms with Gasteiger partial charge in [-0.1, -0.05) is 121 Å². The van der Waals surface area contributed by atoms with E-state index in [9.17, 15) is 0 Å². The van der Waals surface area contributed by atoms with E-state index < -0.39 is 0 Å². The van der Waals surface area contributed by atoms with Crippen LogP contribution in [0.4, 0.5) is 11.4 Å². The topological polar surface area (TPSA) is 29.3 Å². The van der Waals surface area contributed by atoms with E-state index >= 15 is 0 Å². The van der Waals surface area contributed by atoms with Crippen LogP contribution in [0.15, 0.2) is 144 Å². The largest absolute Gasteiger partial charge is 0.456 e. The van der Waals surface area contributed by atoms with Gasteiger partial charge in [-0.05, 0) is 47.9 Å². The van der Waals surface area contributed by atoms with Gasteiger partial charge < -0.3 is 9.32 Å². The van der Waals surface area contributed by atoms with Crippen LogP contribution in [-0.4, -0.2) is 11.0 Å². The maximum Gasteiger partial charge on any atom is 0.135 e. The highest BCUT2D eigenvalue weighted by Gasteiger charge is 2.30. The second kappa shape index (κ2) is 10.4. The third-order valence-corrected chi connectivity index (χ3v) is 10.7. The Hall–Kier alpha value is -5.71. The molecule has 0 aliphatic heterocycles. The van der Waals surface area contributed by atoms with E-state index in [1.54, 1.807) is 11.3 Å². The molecule has 2 aliphatic rings. The van der Waals surface area contributed by atoms with Crippen molar-refractivity contribution in [2.75, 3.05) is 4.90 Å². The molecule has 2 aliphatic carbocycles. The Morgan fingerprint density at radius 1 is 0.660 bits per heavy atom. The highest BCUT2D eigenvalue weighted by Crippen LogP contribution is 2.53. The van der Waals surface area contributed by atoms with Crippen LogP contribution in [-0.2, 0) is 0 Å². The second-order valence-corrected chi connectivity index (χ2v) is 13.3. The quantitative estimate of drug-likeness (QED) is 0.192. The fraction of sp³-hybridized carbons (Fsp3) is 0.0465. The Morgan fingerprint density at radius 3 is 2.28 bits per heavy atom. The van der Waals surface area contributed by atoms with Crippen LogP contribution in [0.3, 0.4) is 0 Å². The molecule has 1 unspecified atom stereocenters.